The molecule has 6 nitrogen and oxygen atoms in total. The third-order valence-corrected chi connectivity index (χ3v) is 6.65. The van der Waals surface area contributed by atoms with Crippen LogP contribution in [0.4, 0.5) is 0 Å². The van der Waals surface area contributed by atoms with Crippen LogP contribution < -0.4 is 4.72 Å². The predicted octanol–water partition coefficient (Wildman–Crippen LogP) is 3.42. The van der Waals surface area contributed by atoms with E-state index in [1.807, 2.05) is 60.7 Å². The maximum atomic E-state index is 13.0. The first kappa shape index (κ1) is 20.3. The second kappa shape index (κ2) is 8.02. The van der Waals surface area contributed by atoms with Crippen LogP contribution in [0.1, 0.15) is 24.0 Å². The Morgan fingerprint density at radius 3 is 2.20 bits per heavy atom. The molecule has 7 heteroatoms. The molecule has 2 aromatic heterocycles. The quantitative estimate of drug-likeness (QED) is 0.426. The van der Waals surface area contributed by atoms with Gasteiger partial charge >= 0.3 is 0 Å². The summed E-state index contributed by atoms with van der Waals surface area (Å²) in [6, 6.07) is 22.6. The first-order valence-corrected chi connectivity index (χ1v) is 11.1. The van der Waals surface area contributed by atoms with Crippen molar-refractivity contribution >= 4 is 21.1 Å². The number of hydrogen-bond acceptors (Lipinski definition) is 4. The number of nitrogens with zero attached hydrogens (tertiary/aromatic N) is 1. The molecule has 2 heterocycles. The van der Waals surface area contributed by atoms with Crippen LogP contribution in [0.25, 0.3) is 11.0 Å². The van der Waals surface area contributed by atoms with Crippen LogP contribution in [0.2, 0.25) is 0 Å². The molecular formula is C23H23N3O3S. The Bertz CT molecular complexity index is 1200. The molecule has 30 heavy (non-hydrogen) atoms. The van der Waals surface area contributed by atoms with E-state index in [1.54, 1.807) is 25.3 Å². The lowest BCUT2D eigenvalue weighted by Crippen LogP contribution is -2.45. The first-order chi connectivity index (χ1) is 14.4. The molecule has 0 aliphatic heterocycles. The Hall–Kier alpha value is -3.00. The molecule has 0 aliphatic carbocycles. The van der Waals surface area contributed by atoms with Gasteiger partial charge in [0.05, 0.1) is 5.60 Å². The summed E-state index contributed by atoms with van der Waals surface area (Å²) in [5.41, 5.74) is 0.935. The molecule has 4 aromatic rings. The Labute approximate surface area is 175 Å². The molecule has 154 valence electrons. The number of aromatic nitrogens is 2. The van der Waals surface area contributed by atoms with Crippen molar-refractivity contribution < 1.29 is 13.5 Å². The summed E-state index contributed by atoms with van der Waals surface area (Å²) in [6.07, 6.45) is 3.01. The van der Waals surface area contributed by atoms with Crippen LogP contribution in [-0.4, -0.2) is 35.6 Å². The number of sulfonamides is 1. The van der Waals surface area contributed by atoms with E-state index >= 15 is 0 Å². The fraction of sp³-hybridized carbons (Fsp3) is 0.174. The summed E-state index contributed by atoms with van der Waals surface area (Å²) >= 11 is 0. The maximum absolute atomic E-state index is 13.0. The van der Waals surface area contributed by atoms with Crippen molar-refractivity contribution in [2.24, 2.45) is 0 Å². The van der Waals surface area contributed by atoms with Crippen LogP contribution in [0.3, 0.4) is 0 Å². The third kappa shape index (κ3) is 4.00. The van der Waals surface area contributed by atoms with E-state index < -0.39 is 21.5 Å². The van der Waals surface area contributed by atoms with Gasteiger partial charge in [0, 0.05) is 30.2 Å². The third-order valence-electron chi connectivity index (χ3n) is 5.21. The van der Waals surface area contributed by atoms with Gasteiger partial charge in [-0.25, -0.2) is 18.1 Å². The van der Waals surface area contributed by atoms with Crippen molar-refractivity contribution in [3.05, 3.63) is 96.3 Å². The van der Waals surface area contributed by atoms with Crippen molar-refractivity contribution in [1.82, 2.24) is 14.7 Å². The summed E-state index contributed by atoms with van der Waals surface area (Å²) in [7, 11) is -3.86. The molecule has 0 bridgehead atoms. The normalized spacial score (nSPS) is 14.1. The van der Waals surface area contributed by atoms with Gasteiger partial charge in [0.2, 0.25) is 10.0 Å². The van der Waals surface area contributed by atoms with Crippen molar-refractivity contribution in [1.29, 1.82) is 0 Å². The molecule has 0 radical (unpaired) electrons. The molecule has 0 fully saturated rings. The fourth-order valence-corrected chi connectivity index (χ4v) is 5.08. The lowest BCUT2D eigenvalue weighted by Gasteiger charge is -2.34. The number of H-pyrrole nitrogens is 1. The number of rotatable bonds is 7. The zero-order valence-corrected chi connectivity index (χ0v) is 17.3. The number of aliphatic hydroxyl groups is 1. The molecule has 0 saturated carbocycles. The highest BCUT2D eigenvalue weighted by atomic mass is 32.2. The summed E-state index contributed by atoms with van der Waals surface area (Å²) < 4.78 is 28.5. The van der Waals surface area contributed by atoms with Crippen molar-refractivity contribution in [3.63, 3.8) is 0 Å². The average molecular weight is 422 g/mol. The molecule has 0 unspecified atom stereocenters. The number of fused-ring (bicyclic) bond motifs is 1. The largest absolute Gasteiger partial charge is 0.388 e. The van der Waals surface area contributed by atoms with Crippen molar-refractivity contribution in [3.8, 4) is 0 Å². The molecule has 0 saturated heterocycles. The lowest BCUT2D eigenvalue weighted by atomic mass is 9.78. The van der Waals surface area contributed by atoms with Gasteiger partial charge in [-0.15, -0.1) is 0 Å². The van der Waals surface area contributed by atoms with Gasteiger partial charge in [0.25, 0.3) is 0 Å². The van der Waals surface area contributed by atoms with Crippen LogP contribution in [0, 0.1) is 0 Å². The molecule has 2 aromatic carbocycles. The zero-order chi connectivity index (χ0) is 21.2. The second-order valence-electron chi connectivity index (χ2n) is 7.49. The van der Waals surface area contributed by atoms with E-state index in [2.05, 4.69) is 14.7 Å². The van der Waals surface area contributed by atoms with E-state index in [4.69, 9.17) is 0 Å². The molecule has 3 N–H and O–H groups in total. The number of aromatic amines is 1. The Balaban J connectivity index is 1.65. The van der Waals surface area contributed by atoms with E-state index in [1.165, 1.54) is 6.20 Å². The summed E-state index contributed by atoms with van der Waals surface area (Å²) in [4.78, 5) is 7.12. The summed E-state index contributed by atoms with van der Waals surface area (Å²) in [5, 5.41) is 11.9. The van der Waals surface area contributed by atoms with Gasteiger partial charge in [-0.1, -0.05) is 60.7 Å². The highest BCUT2D eigenvalue weighted by Gasteiger charge is 2.36. The first-order valence-electron chi connectivity index (χ1n) is 9.62. The molecule has 0 aliphatic rings. The molecule has 4 rings (SSSR count). The maximum Gasteiger partial charge on any atom is 0.242 e. The number of hydrogen-bond donors (Lipinski definition) is 3. The Morgan fingerprint density at radius 1 is 1.00 bits per heavy atom. The minimum Gasteiger partial charge on any atom is -0.388 e. The number of benzene rings is 2. The van der Waals surface area contributed by atoms with Crippen molar-refractivity contribution in [2.75, 3.05) is 6.54 Å². The smallest absolute Gasteiger partial charge is 0.242 e. The van der Waals surface area contributed by atoms with Gasteiger partial charge in [0.15, 0.2) is 0 Å². The lowest BCUT2D eigenvalue weighted by molar-refractivity contribution is 0.0481. The zero-order valence-electron chi connectivity index (χ0n) is 16.5. The molecular weight excluding hydrogens is 398 g/mol. The number of pyridine rings is 1. The van der Waals surface area contributed by atoms with Gasteiger partial charge in [-0.3, -0.25) is 0 Å². The minimum atomic E-state index is -3.86. The predicted molar refractivity (Wildman–Crippen MR) is 117 cm³/mol. The highest BCUT2D eigenvalue weighted by Crippen LogP contribution is 2.35. The van der Waals surface area contributed by atoms with Crippen LogP contribution >= 0.6 is 0 Å². The summed E-state index contributed by atoms with van der Waals surface area (Å²) in [5.74, 6) is -0.410. The topological polar surface area (TPSA) is 95.1 Å². The van der Waals surface area contributed by atoms with Crippen LogP contribution in [0.15, 0.2) is 90.1 Å². The highest BCUT2D eigenvalue weighted by molar-refractivity contribution is 7.89. The van der Waals surface area contributed by atoms with Crippen LogP contribution in [-0.2, 0) is 10.0 Å². The minimum absolute atomic E-state index is 0.109. The Morgan fingerprint density at radius 2 is 1.60 bits per heavy atom. The molecule has 0 amide bonds. The van der Waals surface area contributed by atoms with Gasteiger partial charge in [-0.05, 0) is 30.2 Å². The second-order valence-corrected chi connectivity index (χ2v) is 9.22. The van der Waals surface area contributed by atoms with E-state index in [0.717, 1.165) is 11.1 Å². The fourth-order valence-electron chi connectivity index (χ4n) is 3.78. The van der Waals surface area contributed by atoms with E-state index in [9.17, 15) is 13.5 Å². The van der Waals surface area contributed by atoms with Crippen molar-refractivity contribution in [2.45, 2.75) is 23.3 Å². The van der Waals surface area contributed by atoms with Gasteiger partial charge in [-0.2, -0.15) is 0 Å². The van der Waals surface area contributed by atoms with E-state index in [-0.39, 0.29) is 11.4 Å². The SMILES string of the molecule is C[C@@](O)(CNS(=O)(=O)c1c[nH]c2ncccc12)C(c1ccccc1)c1ccccc1. The molecule has 0 spiro atoms. The van der Waals surface area contributed by atoms with E-state index in [0.29, 0.717) is 11.0 Å². The van der Waals surface area contributed by atoms with Gasteiger partial charge < -0.3 is 10.1 Å². The molecule has 1 atom stereocenters. The monoisotopic (exact) mass is 421 g/mol. The standard InChI is InChI=1S/C23H23N3O3S/c1-23(27,21(17-9-4-2-5-10-17)18-11-6-3-7-12-18)16-26-30(28,29)20-15-25-22-19(20)13-8-14-24-22/h2-15,21,26-27H,16H2,1H3,(H,24,25)/t23-/m1/s1. The average Bonchev–Trinajstić information content (AvgIpc) is 3.19. The summed E-state index contributed by atoms with van der Waals surface area (Å²) in [6.45, 7) is 1.49. The number of nitrogens with one attached hydrogen (secondary N) is 2. The van der Waals surface area contributed by atoms with Crippen LogP contribution in [0.5, 0.6) is 0 Å². The Kier molecular flexibility index (Phi) is 5.42. The van der Waals surface area contributed by atoms with Gasteiger partial charge in [0.1, 0.15) is 10.5 Å².